The van der Waals surface area contributed by atoms with Crippen molar-refractivity contribution >= 4 is 5.97 Å². The molecule has 108 valence electrons. The topological polar surface area (TPSA) is 117 Å². The Kier molecular flexibility index (Phi) is 6.15. The SMILES string of the molecule is COC(=O)C(NCCN=[N+]=[N-])c1ccc(OC)c(O)c1. The third-order valence-corrected chi connectivity index (χ3v) is 2.60. The van der Waals surface area contributed by atoms with Gasteiger partial charge in [-0.05, 0) is 23.2 Å². The van der Waals surface area contributed by atoms with Gasteiger partial charge in [-0.3, -0.25) is 0 Å². The highest BCUT2D eigenvalue weighted by Crippen LogP contribution is 2.29. The summed E-state index contributed by atoms with van der Waals surface area (Å²) >= 11 is 0. The zero-order valence-electron chi connectivity index (χ0n) is 11.2. The maximum atomic E-state index is 11.7. The smallest absolute Gasteiger partial charge is 0.327 e. The van der Waals surface area contributed by atoms with Crippen LogP contribution in [-0.4, -0.2) is 38.4 Å². The summed E-state index contributed by atoms with van der Waals surface area (Å²) in [5, 5.41) is 16.0. The molecule has 0 saturated carbocycles. The van der Waals surface area contributed by atoms with E-state index in [-0.39, 0.29) is 12.3 Å². The molecule has 0 bridgehead atoms. The molecule has 20 heavy (non-hydrogen) atoms. The van der Waals surface area contributed by atoms with Crippen molar-refractivity contribution in [2.75, 3.05) is 27.3 Å². The van der Waals surface area contributed by atoms with Crippen molar-refractivity contribution in [3.8, 4) is 11.5 Å². The van der Waals surface area contributed by atoms with E-state index in [2.05, 4.69) is 15.3 Å². The van der Waals surface area contributed by atoms with E-state index in [1.165, 1.54) is 20.3 Å². The van der Waals surface area contributed by atoms with Gasteiger partial charge in [-0.2, -0.15) is 0 Å². The van der Waals surface area contributed by atoms with Crippen LogP contribution >= 0.6 is 0 Å². The molecule has 1 atom stereocenters. The summed E-state index contributed by atoms with van der Waals surface area (Å²) in [5.41, 5.74) is 8.71. The van der Waals surface area contributed by atoms with E-state index < -0.39 is 12.0 Å². The highest BCUT2D eigenvalue weighted by Gasteiger charge is 2.21. The lowest BCUT2D eigenvalue weighted by molar-refractivity contribution is -0.143. The number of carbonyl (C=O) groups is 1. The van der Waals surface area contributed by atoms with E-state index in [1.807, 2.05) is 0 Å². The van der Waals surface area contributed by atoms with E-state index >= 15 is 0 Å². The maximum Gasteiger partial charge on any atom is 0.327 e. The van der Waals surface area contributed by atoms with Crippen molar-refractivity contribution in [3.05, 3.63) is 34.2 Å². The summed E-state index contributed by atoms with van der Waals surface area (Å²) < 4.78 is 9.64. The minimum atomic E-state index is -0.759. The third kappa shape index (κ3) is 4.04. The molecule has 0 aliphatic heterocycles. The minimum absolute atomic E-state index is 0.0734. The van der Waals surface area contributed by atoms with Gasteiger partial charge in [0, 0.05) is 18.0 Å². The Balaban J connectivity index is 2.89. The first kappa shape index (κ1) is 15.6. The fourth-order valence-electron chi connectivity index (χ4n) is 1.65. The van der Waals surface area contributed by atoms with Gasteiger partial charge in [0.2, 0.25) is 0 Å². The van der Waals surface area contributed by atoms with Crippen molar-refractivity contribution in [1.82, 2.24) is 5.32 Å². The van der Waals surface area contributed by atoms with Crippen LogP contribution in [0.2, 0.25) is 0 Å². The summed E-state index contributed by atoms with van der Waals surface area (Å²) in [6, 6.07) is 3.85. The van der Waals surface area contributed by atoms with E-state index in [0.29, 0.717) is 17.9 Å². The molecular weight excluding hydrogens is 264 g/mol. The number of hydrogen-bond donors (Lipinski definition) is 2. The number of carbonyl (C=O) groups excluding carboxylic acids is 1. The van der Waals surface area contributed by atoms with E-state index in [4.69, 9.17) is 15.0 Å². The van der Waals surface area contributed by atoms with Crippen LogP contribution in [0, 0.1) is 0 Å². The summed E-state index contributed by atoms with van der Waals surface area (Å²) in [4.78, 5) is 14.4. The van der Waals surface area contributed by atoms with E-state index in [9.17, 15) is 9.90 Å². The van der Waals surface area contributed by atoms with Gasteiger partial charge in [-0.15, -0.1) is 0 Å². The van der Waals surface area contributed by atoms with Crippen molar-refractivity contribution in [1.29, 1.82) is 0 Å². The Bertz CT molecular complexity index is 514. The Morgan fingerprint density at radius 2 is 2.30 bits per heavy atom. The molecule has 0 saturated heterocycles. The monoisotopic (exact) mass is 280 g/mol. The van der Waals surface area contributed by atoms with Gasteiger partial charge in [0.05, 0.1) is 14.2 Å². The van der Waals surface area contributed by atoms with Crippen molar-refractivity contribution in [2.24, 2.45) is 5.11 Å². The van der Waals surface area contributed by atoms with Crippen LogP contribution in [0.1, 0.15) is 11.6 Å². The first-order valence-corrected chi connectivity index (χ1v) is 5.83. The molecule has 8 heteroatoms. The van der Waals surface area contributed by atoms with Gasteiger partial charge in [0.1, 0.15) is 6.04 Å². The van der Waals surface area contributed by atoms with Crippen LogP contribution in [0.15, 0.2) is 23.3 Å². The molecule has 1 rings (SSSR count). The maximum absolute atomic E-state index is 11.7. The van der Waals surface area contributed by atoms with Crippen LogP contribution in [-0.2, 0) is 9.53 Å². The molecule has 0 radical (unpaired) electrons. The Morgan fingerprint density at radius 1 is 1.55 bits per heavy atom. The number of nitrogens with one attached hydrogen (secondary N) is 1. The van der Waals surface area contributed by atoms with Gasteiger partial charge in [-0.25, -0.2) is 4.79 Å². The fourth-order valence-corrected chi connectivity index (χ4v) is 1.65. The van der Waals surface area contributed by atoms with Crippen molar-refractivity contribution in [3.63, 3.8) is 0 Å². The first-order valence-electron chi connectivity index (χ1n) is 5.83. The largest absolute Gasteiger partial charge is 0.504 e. The number of aromatic hydroxyl groups is 1. The number of methoxy groups -OCH3 is 2. The molecule has 0 heterocycles. The summed E-state index contributed by atoms with van der Waals surface area (Å²) in [7, 11) is 2.71. The molecule has 0 amide bonds. The number of ether oxygens (including phenoxy) is 2. The number of benzene rings is 1. The van der Waals surface area contributed by atoms with Gasteiger partial charge in [0.25, 0.3) is 0 Å². The number of hydrogen-bond acceptors (Lipinski definition) is 6. The lowest BCUT2D eigenvalue weighted by Crippen LogP contribution is -2.31. The molecule has 2 N–H and O–H groups in total. The molecule has 0 spiro atoms. The fraction of sp³-hybridized carbons (Fsp3) is 0.417. The van der Waals surface area contributed by atoms with Gasteiger partial charge in [0.15, 0.2) is 11.5 Å². The van der Waals surface area contributed by atoms with Crippen LogP contribution in [0.3, 0.4) is 0 Å². The number of rotatable bonds is 7. The average Bonchev–Trinajstić information content (AvgIpc) is 2.46. The van der Waals surface area contributed by atoms with Crippen LogP contribution < -0.4 is 10.1 Å². The lowest BCUT2D eigenvalue weighted by atomic mass is 10.1. The molecule has 1 aromatic rings. The molecule has 0 aliphatic carbocycles. The van der Waals surface area contributed by atoms with Crippen LogP contribution in [0.5, 0.6) is 11.5 Å². The first-order chi connectivity index (χ1) is 9.63. The normalized spacial score (nSPS) is 11.3. The second-order valence-corrected chi connectivity index (χ2v) is 3.80. The molecule has 0 fully saturated rings. The Hall–Kier alpha value is -2.44. The van der Waals surface area contributed by atoms with Gasteiger partial charge < -0.3 is 19.9 Å². The van der Waals surface area contributed by atoms with Gasteiger partial charge in [-0.1, -0.05) is 11.2 Å². The quantitative estimate of drug-likeness (QED) is 0.258. The number of nitrogens with zero attached hydrogens (tertiary/aromatic N) is 3. The van der Waals surface area contributed by atoms with Crippen LogP contribution in [0.25, 0.3) is 10.4 Å². The molecule has 1 aromatic carbocycles. The molecule has 8 nitrogen and oxygen atoms in total. The highest BCUT2D eigenvalue weighted by molar-refractivity contribution is 5.77. The lowest BCUT2D eigenvalue weighted by Gasteiger charge is -2.17. The van der Waals surface area contributed by atoms with E-state index in [0.717, 1.165) is 0 Å². The number of esters is 1. The molecule has 1 unspecified atom stereocenters. The average molecular weight is 280 g/mol. The standard InChI is InChI=1S/C12H16N4O4/c1-19-10-4-3-8(7-9(10)17)11(12(18)20-2)14-5-6-15-16-13/h3-4,7,11,14,17H,5-6H2,1-2H3. The predicted octanol–water partition coefficient (Wildman–Crippen LogP) is 1.51. The Labute approximate surface area is 115 Å². The minimum Gasteiger partial charge on any atom is -0.504 e. The van der Waals surface area contributed by atoms with Gasteiger partial charge >= 0.3 is 5.97 Å². The number of phenolic OH excluding ortho intramolecular Hbond substituents is 1. The molecule has 0 aromatic heterocycles. The predicted molar refractivity (Wildman–Crippen MR) is 71.4 cm³/mol. The molecular formula is C12H16N4O4. The second kappa shape index (κ2) is 7.88. The van der Waals surface area contributed by atoms with Crippen molar-refractivity contribution < 1.29 is 19.4 Å². The highest BCUT2D eigenvalue weighted by atomic mass is 16.5. The van der Waals surface area contributed by atoms with Crippen molar-refractivity contribution in [2.45, 2.75) is 6.04 Å². The summed E-state index contributed by atoms with van der Waals surface area (Å²) in [5.74, 6) is -0.266. The number of azide groups is 1. The molecule has 0 aliphatic rings. The summed E-state index contributed by atoms with van der Waals surface area (Å²) in [6.07, 6.45) is 0. The zero-order valence-corrected chi connectivity index (χ0v) is 11.2. The number of phenols is 1. The second-order valence-electron chi connectivity index (χ2n) is 3.80. The van der Waals surface area contributed by atoms with Crippen LogP contribution in [0.4, 0.5) is 0 Å². The zero-order chi connectivity index (χ0) is 15.0. The third-order valence-electron chi connectivity index (χ3n) is 2.60. The Morgan fingerprint density at radius 3 is 2.85 bits per heavy atom. The van der Waals surface area contributed by atoms with E-state index in [1.54, 1.807) is 12.1 Å². The summed E-state index contributed by atoms with van der Waals surface area (Å²) in [6.45, 7) is 0.503.